The van der Waals surface area contributed by atoms with Gasteiger partial charge in [0, 0.05) is 21.5 Å². The molecule has 1 unspecified atom stereocenters. The number of benzene rings is 2. The lowest BCUT2D eigenvalue weighted by Gasteiger charge is -2.21. The summed E-state index contributed by atoms with van der Waals surface area (Å²) in [4.78, 5) is 0. The van der Waals surface area contributed by atoms with E-state index in [0.717, 1.165) is 33.8 Å². The minimum atomic E-state index is 0.0468. The Morgan fingerprint density at radius 2 is 2.05 bits per heavy atom. The summed E-state index contributed by atoms with van der Waals surface area (Å²) in [5.41, 5.74) is 4.71. The molecule has 1 atom stereocenters. The number of hydrogen-bond donors (Lipinski definition) is 1. The van der Waals surface area contributed by atoms with Crippen molar-refractivity contribution in [2.24, 2.45) is 0 Å². The van der Waals surface area contributed by atoms with Crippen molar-refractivity contribution in [2.75, 3.05) is 13.7 Å². The zero-order valence-electron chi connectivity index (χ0n) is 12.0. The first kappa shape index (κ1) is 14.9. The molecule has 1 aliphatic rings. The molecule has 0 saturated carbocycles. The van der Waals surface area contributed by atoms with Gasteiger partial charge >= 0.3 is 0 Å². The Morgan fingerprint density at radius 1 is 1.24 bits per heavy atom. The summed E-state index contributed by atoms with van der Waals surface area (Å²) in [6.07, 6.45) is 0.925. The molecule has 3 rings (SSSR count). The number of nitrogens with one attached hydrogen (secondary N) is 1. The molecule has 0 aromatic heterocycles. The highest BCUT2D eigenvalue weighted by Crippen LogP contribution is 2.40. The second-order valence-corrected chi connectivity index (χ2v) is 6.62. The summed E-state index contributed by atoms with van der Waals surface area (Å²) in [5, 5.41) is 4.15. The van der Waals surface area contributed by atoms with E-state index in [1.165, 1.54) is 16.7 Å². The topological polar surface area (TPSA) is 21.3 Å². The normalized spacial score (nSPS) is 14.7. The molecule has 0 spiro atoms. The van der Waals surface area contributed by atoms with Gasteiger partial charge in [0.1, 0.15) is 5.75 Å². The highest BCUT2D eigenvalue weighted by atomic mass is 79.9. The SMILES string of the molecule is CNC(c1ccc(C)cc1Br)c1cc(Cl)cc2c1OCC2. The van der Waals surface area contributed by atoms with Crippen molar-refractivity contribution in [3.05, 3.63) is 62.1 Å². The Bertz CT molecular complexity index is 687. The van der Waals surface area contributed by atoms with Crippen LogP contribution in [-0.2, 0) is 6.42 Å². The van der Waals surface area contributed by atoms with Crippen LogP contribution in [0.4, 0.5) is 0 Å². The average molecular weight is 367 g/mol. The largest absolute Gasteiger partial charge is 0.493 e. The second kappa shape index (κ2) is 5.99. The van der Waals surface area contributed by atoms with E-state index >= 15 is 0 Å². The highest BCUT2D eigenvalue weighted by Gasteiger charge is 2.24. The van der Waals surface area contributed by atoms with Crippen LogP contribution < -0.4 is 10.1 Å². The van der Waals surface area contributed by atoms with Crippen molar-refractivity contribution in [3.63, 3.8) is 0 Å². The van der Waals surface area contributed by atoms with Gasteiger partial charge in [-0.2, -0.15) is 0 Å². The van der Waals surface area contributed by atoms with Crippen molar-refractivity contribution in [1.82, 2.24) is 5.32 Å². The predicted molar refractivity (Wildman–Crippen MR) is 90.4 cm³/mol. The van der Waals surface area contributed by atoms with Gasteiger partial charge in [0.2, 0.25) is 0 Å². The Kier molecular flexibility index (Phi) is 4.25. The lowest BCUT2D eigenvalue weighted by molar-refractivity contribution is 0.351. The second-order valence-electron chi connectivity index (χ2n) is 5.33. The summed E-state index contributed by atoms with van der Waals surface area (Å²) in [7, 11) is 1.96. The van der Waals surface area contributed by atoms with Gasteiger partial charge in [-0.05, 0) is 48.9 Å². The molecule has 110 valence electrons. The molecule has 0 saturated heterocycles. The molecule has 1 heterocycles. The Morgan fingerprint density at radius 3 is 2.76 bits per heavy atom. The number of aryl methyl sites for hydroxylation is 1. The molecule has 21 heavy (non-hydrogen) atoms. The van der Waals surface area contributed by atoms with Gasteiger partial charge < -0.3 is 10.1 Å². The molecular weight excluding hydrogens is 350 g/mol. The molecule has 1 aliphatic heterocycles. The summed E-state index contributed by atoms with van der Waals surface area (Å²) in [5.74, 6) is 0.978. The van der Waals surface area contributed by atoms with Crippen LogP contribution in [0, 0.1) is 6.92 Å². The molecule has 2 aromatic rings. The molecule has 1 N–H and O–H groups in total. The smallest absolute Gasteiger partial charge is 0.127 e. The Labute approximate surface area is 138 Å². The molecule has 0 radical (unpaired) electrons. The third-order valence-electron chi connectivity index (χ3n) is 3.84. The summed E-state index contributed by atoms with van der Waals surface area (Å²) < 4.78 is 6.93. The molecule has 0 bridgehead atoms. The van der Waals surface area contributed by atoms with E-state index in [1.807, 2.05) is 19.2 Å². The molecule has 0 amide bonds. The maximum absolute atomic E-state index is 6.29. The fourth-order valence-corrected chi connectivity index (χ4v) is 3.83. The van der Waals surface area contributed by atoms with Gasteiger partial charge in [-0.15, -0.1) is 0 Å². The number of hydrogen-bond acceptors (Lipinski definition) is 2. The lowest BCUT2D eigenvalue weighted by Crippen LogP contribution is -2.19. The number of halogens is 2. The van der Waals surface area contributed by atoms with Gasteiger partial charge in [-0.1, -0.05) is 39.7 Å². The number of fused-ring (bicyclic) bond motifs is 1. The molecule has 2 nitrogen and oxygen atoms in total. The van der Waals surface area contributed by atoms with Gasteiger partial charge in [0.25, 0.3) is 0 Å². The van der Waals surface area contributed by atoms with Crippen LogP contribution in [0.2, 0.25) is 5.02 Å². The monoisotopic (exact) mass is 365 g/mol. The van der Waals surface area contributed by atoms with Crippen molar-refractivity contribution in [3.8, 4) is 5.75 Å². The summed E-state index contributed by atoms with van der Waals surface area (Å²) in [6, 6.07) is 10.4. The molecule has 0 fully saturated rings. The van der Waals surface area contributed by atoms with E-state index in [9.17, 15) is 0 Å². The third kappa shape index (κ3) is 2.83. The van der Waals surface area contributed by atoms with Crippen LogP contribution in [0.1, 0.15) is 28.3 Å². The predicted octanol–water partition coefficient (Wildman–Crippen LogP) is 4.65. The van der Waals surface area contributed by atoms with Gasteiger partial charge in [0.15, 0.2) is 0 Å². The van der Waals surface area contributed by atoms with E-state index in [2.05, 4.69) is 46.4 Å². The first-order valence-electron chi connectivity index (χ1n) is 6.98. The van der Waals surface area contributed by atoms with Crippen LogP contribution in [-0.4, -0.2) is 13.7 Å². The van der Waals surface area contributed by atoms with Crippen molar-refractivity contribution < 1.29 is 4.74 Å². The number of rotatable bonds is 3. The van der Waals surface area contributed by atoms with Crippen LogP contribution in [0.5, 0.6) is 5.75 Å². The van der Waals surface area contributed by atoms with Crippen molar-refractivity contribution in [1.29, 1.82) is 0 Å². The van der Waals surface area contributed by atoms with E-state index in [0.29, 0.717) is 0 Å². The lowest BCUT2D eigenvalue weighted by atomic mass is 9.95. The maximum Gasteiger partial charge on any atom is 0.127 e. The zero-order valence-corrected chi connectivity index (χ0v) is 14.4. The molecule has 2 aromatic carbocycles. The first-order valence-corrected chi connectivity index (χ1v) is 8.15. The van der Waals surface area contributed by atoms with Gasteiger partial charge in [-0.3, -0.25) is 0 Å². The highest BCUT2D eigenvalue weighted by molar-refractivity contribution is 9.10. The van der Waals surface area contributed by atoms with Crippen LogP contribution in [0.3, 0.4) is 0 Å². The molecular formula is C17H17BrClNO. The average Bonchev–Trinajstić information content (AvgIpc) is 2.89. The van der Waals surface area contributed by atoms with Crippen molar-refractivity contribution in [2.45, 2.75) is 19.4 Å². The van der Waals surface area contributed by atoms with Crippen LogP contribution in [0.25, 0.3) is 0 Å². The van der Waals surface area contributed by atoms with E-state index in [4.69, 9.17) is 16.3 Å². The minimum Gasteiger partial charge on any atom is -0.493 e. The molecule has 0 aliphatic carbocycles. The fraction of sp³-hybridized carbons (Fsp3) is 0.294. The summed E-state index contributed by atoms with van der Waals surface area (Å²) >= 11 is 9.96. The Hall–Kier alpha value is -1.03. The maximum atomic E-state index is 6.29. The van der Waals surface area contributed by atoms with Crippen LogP contribution >= 0.6 is 27.5 Å². The third-order valence-corrected chi connectivity index (χ3v) is 4.75. The zero-order chi connectivity index (χ0) is 15.0. The standard InChI is InChI=1S/C17H17BrClNO/c1-10-3-4-13(15(18)7-10)16(20-2)14-9-12(19)8-11-5-6-21-17(11)14/h3-4,7-9,16,20H,5-6H2,1-2H3. The Balaban J connectivity index is 2.13. The van der Waals surface area contributed by atoms with E-state index in [-0.39, 0.29) is 6.04 Å². The van der Waals surface area contributed by atoms with E-state index in [1.54, 1.807) is 0 Å². The van der Waals surface area contributed by atoms with Gasteiger partial charge in [0.05, 0.1) is 12.6 Å². The summed E-state index contributed by atoms with van der Waals surface area (Å²) in [6.45, 7) is 2.82. The van der Waals surface area contributed by atoms with Crippen molar-refractivity contribution >= 4 is 27.5 Å². The first-order chi connectivity index (χ1) is 10.1. The van der Waals surface area contributed by atoms with Crippen LogP contribution in [0.15, 0.2) is 34.8 Å². The van der Waals surface area contributed by atoms with E-state index < -0.39 is 0 Å². The van der Waals surface area contributed by atoms with Gasteiger partial charge in [-0.25, -0.2) is 0 Å². The molecule has 4 heteroatoms. The number of ether oxygens (including phenoxy) is 1. The quantitative estimate of drug-likeness (QED) is 0.853. The fourth-order valence-electron chi connectivity index (χ4n) is 2.86. The minimum absolute atomic E-state index is 0.0468.